The lowest BCUT2D eigenvalue weighted by atomic mass is 10.1. The van der Waals surface area contributed by atoms with Gasteiger partial charge in [0, 0.05) is 59.4 Å². The van der Waals surface area contributed by atoms with Crippen molar-refractivity contribution in [2.45, 2.75) is 26.2 Å². The third-order valence-electron chi connectivity index (χ3n) is 6.30. The van der Waals surface area contributed by atoms with E-state index in [4.69, 9.17) is 0 Å². The van der Waals surface area contributed by atoms with Crippen LogP contribution in [-0.4, -0.2) is 41.4 Å². The van der Waals surface area contributed by atoms with E-state index < -0.39 is 5.92 Å². The quantitative estimate of drug-likeness (QED) is 0.468. The molecule has 2 amide bonds. The Bertz CT molecular complexity index is 1240. The molecule has 35 heavy (non-hydrogen) atoms. The first-order valence-corrected chi connectivity index (χ1v) is 12.6. The van der Waals surface area contributed by atoms with Gasteiger partial charge in [-0.05, 0) is 62.2 Å². The zero-order valence-electron chi connectivity index (χ0n) is 19.5. The highest BCUT2D eigenvalue weighted by Crippen LogP contribution is 2.28. The molecule has 180 valence electrons. The van der Waals surface area contributed by atoms with Crippen LogP contribution in [0.15, 0.2) is 59.1 Å². The number of aryl methyl sites for hydroxylation is 1. The summed E-state index contributed by atoms with van der Waals surface area (Å²) in [6.07, 6.45) is 2.58. The van der Waals surface area contributed by atoms with Gasteiger partial charge in [0.15, 0.2) is 0 Å². The molecule has 2 N–H and O–H groups in total. The third-order valence-corrected chi connectivity index (χ3v) is 6.79. The summed E-state index contributed by atoms with van der Waals surface area (Å²) < 4.78 is 0.896. The Morgan fingerprint density at radius 2 is 1.77 bits per heavy atom. The summed E-state index contributed by atoms with van der Waals surface area (Å²) in [6, 6.07) is 17.0. The molecule has 9 heteroatoms. The van der Waals surface area contributed by atoms with E-state index in [1.54, 1.807) is 4.90 Å². The SMILES string of the molecule is Cc1cc(N2CCCC2)nc(Nc2ccc(NC(=O)[C@H]3CC(=O)N(c4cccc(Br)c4)C3)cc2)n1. The number of carbonyl (C=O) groups is 2. The second kappa shape index (κ2) is 10.0. The van der Waals surface area contributed by atoms with Gasteiger partial charge in [-0.1, -0.05) is 22.0 Å². The van der Waals surface area contributed by atoms with Crippen molar-refractivity contribution in [1.82, 2.24) is 9.97 Å². The predicted molar refractivity (Wildman–Crippen MR) is 141 cm³/mol. The number of hydrogen-bond donors (Lipinski definition) is 2. The van der Waals surface area contributed by atoms with Crippen molar-refractivity contribution in [2.75, 3.05) is 40.1 Å². The van der Waals surface area contributed by atoms with E-state index in [2.05, 4.69) is 41.4 Å². The van der Waals surface area contributed by atoms with Crippen molar-refractivity contribution in [3.05, 3.63) is 64.8 Å². The smallest absolute Gasteiger partial charge is 0.229 e. The molecule has 3 heterocycles. The maximum absolute atomic E-state index is 12.8. The maximum atomic E-state index is 12.8. The van der Waals surface area contributed by atoms with Gasteiger partial charge in [-0.25, -0.2) is 4.98 Å². The molecule has 8 nitrogen and oxygen atoms in total. The number of nitrogens with one attached hydrogen (secondary N) is 2. The van der Waals surface area contributed by atoms with Gasteiger partial charge in [0.05, 0.1) is 5.92 Å². The highest BCUT2D eigenvalue weighted by molar-refractivity contribution is 9.10. The summed E-state index contributed by atoms with van der Waals surface area (Å²) >= 11 is 3.43. The van der Waals surface area contributed by atoms with E-state index in [9.17, 15) is 9.59 Å². The van der Waals surface area contributed by atoms with Crippen molar-refractivity contribution < 1.29 is 9.59 Å². The van der Waals surface area contributed by atoms with Gasteiger partial charge < -0.3 is 20.4 Å². The molecule has 0 unspecified atom stereocenters. The molecule has 2 aliphatic heterocycles. The standard InChI is InChI=1S/C26H27BrN6O2/c1-17-13-23(32-11-2-3-12-32)31-26(28-17)30-21-9-7-20(8-10-21)29-25(35)18-14-24(34)33(16-18)22-6-4-5-19(27)15-22/h4-10,13,15,18H,2-3,11-12,14,16H2,1H3,(H,29,35)(H,28,30,31)/t18-/m0/s1. The highest BCUT2D eigenvalue weighted by Gasteiger charge is 2.35. The molecule has 0 bridgehead atoms. The Morgan fingerprint density at radius 3 is 2.51 bits per heavy atom. The molecule has 3 aromatic rings. The third kappa shape index (κ3) is 5.45. The molecule has 0 spiro atoms. The van der Waals surface area contributed by atoms with Gasteiger partial charge in [0.1, 0.15) is 5.82 Å². The van der Waals surface area contributed by atoms with Crippen LogP contribution in [0.1, 0.15) is 25.0 Å². The van der Waals surface area contributed by atoms with Crippen LogP contribution in [0.3, 0.4) is 0 Å². The minimum atomic E-state index is -0.399. The largest absolute Gasteiger partial charge is 0.356 e. The summed E-state index contributed by atoms with van der Waals surface area (Å²) in [4.78, 5) is 38.5. The van der Waals surface area contributed by atoms with Gasteiger partial charge >= 0.3 is 0 Å². The fourth-order valence-corrected chi connectivity index (χ4v) is 4.89. The Morgan fingerprint density at radius 1 is 1.03 bits per heavy atom. The van der Waals surface area contributed by atoms with Gasteiger partial charge in [-0.2, -0.15) is 4.98 Å². The van der Waals surface area contributed by atoms with E-state index in [-0.39, 0.29) is 18.2 Å². The van der Waals surface area contributed by atoms with Crippen LogP contribution in [0.4, 0.5) is 28.8 Å². The number of carbonyl (C=O) groups excluding carboxylic acids is 2. The number of hydrogen-bond acceptors (Lipinski definition) is 6. The van der Waals surface area contributed by atoms with E-state index >= 15 is 0 Å². The molecule has 2 saturated heterocycles. The van der Waals surface area contributed by atoms with Crippen LogP contribution < -0.4 is 20.4 Å². The van der Waals surface area contributed by atoms with E-state index in [0.717, 1.165) is 40.4 Å². The van der Waals surface area contributed by atoms with Gasteiger partial charge in [-0.15, -0.1) is 0 Å². The lowest BCUT2D eigenvalue weighted by molar-refractivity contribution is -0.122. The first-order valence-electron chi connectivity index (χ1n) is 11.8. The van der Waals surface area contributed by atoms with Crippen LogP contribution in [-0.2, 0) is 9.59 Å². The summed E-state index contributed by atoms with van der Waals surface area (Å²) in [5.74, 6) is 0.900. The molecule has 2 fully saturated rings. The predicted octanol–water partition coefficient (Wildman–Crippen LogP) is 4.88. The van der Waals surface area contributed by atoms with Gasteiger partial charge in [0.25, 0.3) is 0 Å². The number of benzene rings is 2. The number of amides is 2. The molecular formula is C26H27BrN6O2. The van der Waals surface area contributed by atoms with Crippen LogP contribution in [0.5, 0.6) is 0 Å². The van der Waals surface area contributed by atoms with Crippen molar-refractivity contribution in [3.63, 3.8) is 0 Å². The van der Waals surface area contributed by atoms with Crippen molar-refractivity contribution in [2.24, 2.45) is 5.92 Å². The fraction of sp³-hybridized carbons (Fsp3) is 0.308. The van der Waals surface area contributed by atoms with Crippen molar-refractivity contribution in [3.8, 4) is 0 Å². The van der Waals surface area contributed by atoms with Crippen LogP contribution in [0.25, 0.3) is 0 Å². The summed E-state index contributed by atoms with van der Waals surface area (Å²) in [5, 5.41) is 6.20. The van der Waals surface area contributed by atoms with E-state index in [1.807, 2.05) is 61.5 Å². The number of nitrogens with zero attached hydrogens (tertiary/aromatic N) is 4. The minimum absolute atomic E-state index is 0.0470. The first kappa shape index (κ1) is 23.3. The number of aromatic nitrogens is 2. The topological polar surface area (TPSA) is 90.5 Å². The molecule has 2 aliphatic rings. The average Bonchev–Trinajstić information content (AvgIpc) is 3.50. The Labute approximate surface area is 212 Å². The van der Waals surface area contributed by atoms with Crippen LogP contribution >= 0.6 is 15.9 Å². The van der Waals surface area contributed by atoms with Gasteiger partial charge in [-0.3, -0.25) is 9.59 Å². The van der Waals surface area contributed by atoms with E-state index in [1.165, 1.54) is 12.8 Å². The number of rotatable bonds is 6. The summed E-state index contributed by atoms with van der Waals surface area (Å²) in [5.41, 5.74) is 3.22. The minimum Gasteiger partial charge on any atom is -0.356 e. The molecule has 1 atom stereocenters. The Kier molecular flexibility index (Phi) is 6.68. The molecule has 0 aliphatic carbocycles. The number of halogens is 1. The number of anilines is 5. The molecule has 5 rings (SSSR count). The van der Waals surface area contributed by atoms with Crippen molar-refractivity contribution in [1.29, 1.82) is 0 Å². The zero-order valence-corrected chi connectivity index (χ0v) is 21.1. The Balaban J connectivity index is 1.20. The molecular weight excluding hydrogens is 508 g/mol. The van der Waals surface area contributed by atoms with E-state index in [0.29, 0.717) is 18.2 Å². The van der Waals surface area contributed by atoms with Gasteiger partial charge in [0.2, 0.25) is 17.8 Å². The Hall–Kier alpha value is -3.46. The second-order valence-electron chi connectivity index (χ2n) is 8.96. The molecule has 1 aromatic heterocycles. The fourth-order valence-electron chi connectivity index (χ4n) is 4.50. The normalized spacial score (nSPS) is 17.7. The lowest BCUT2D eigenvalue weighted by Crippen LogP contribution is -2.28. The molecule has 0 saturated carbocycles. The summed E-state index contributed by atoms with van der Waals surface area (Å²) in [7, 11) is 0. The summed E-state index contributed by atoms with van der Waals surface area (Å²) in [6.45, 7) is 4.39. The van der Waals surface area contributed by atoms with Crippen molar-refractivity contribution >= 4 is 56.6 Å². The monoisotopic (exact) mass is 534 g/mol. The van der Waals surface area contributed by atoms with Crippen LogP contribution in [0.2, 0.25) is 0 Å². The van der Waals surface area contributed by atoms with Crippen LogP contribution in [0, 0.1) is 12.8 Å². The highest BCUT2D eigenvalue weighted by atomic mass is 79.9. The maximum Gasteiger partial charge on any atom is 0.229 e. The zero-order chi connectivity index (χ0) is 24.4. The molecule has 0 radical (unpaired) electrons. The molecule has 2 aromatic carbocycles. The first-order chi connectivity index (χ1) is 16.9. The lowest BCUT2D eigenvalue weighted by Gasteiger charge is -2.18. The second-order valence-corrected chi connectivity index (χ2v) is 9.88. The average molecular weight is 535 g/mol.